The van der Waals surface area contributed by atoms with E-state index in [-0.39, 0.29) is 0 Å². The average Bonchev–Trinajstić information content (AvgIpc) is 2.25. The molecule has 0 aromatic heterocycles. The molecule has 2 N–H and O–H groups in total. The van der Waals surface area contributed by atoms with Crippen molar-refractivity contribution in [1.82, 2.24) is 0 Å². The number of hydrogen-bond acceptors (Lipinski definition) is 2. The minimum Gasteiger partial charge on any atom is -0.493 e. The van der Waals surface area contributed by atoms with Crippen molar-refractivity contribution in [2.24, 2.45) is 11.7 Å². The van der Waals surface area contributed by atoms with E-state index in [0.717, 1.165) is 30.3 Å². The van der Waals surface area contributed by atoms with Gasteiger partial charge in [-0.1, -0.05) is 32.0 Å². The van der Waals surface area contributed by atoms with Crippen molar-refractivity contribution < 1.29 is 4.74 Å². The number of ether oxygens (including phenoxy) is 1. The molecule has 0 unspecified atom stereocenters. The van der Waals surface area contributed by atoms with Crippen LogP contribution in [0, 0.1) is 12.8 Å². The van der Waals surface area contributed by atoms with Crippen molar-refractivity contribution in [3.05, 3.63) is 29.3 Å². The van der Waals surface area contributed by atoms with Gasteiger partial charge in [-0.05, 0) is 31.2 Å². The van der Waals surface area contributed by atoms with E-state index in [9.17, 15) is 0 Å². The van der Waals surface area contributed by atoms with Gasteiger partial charge >= 0.3 is 0 Å². The van der Waals surface area contributed by atoms with Crippen molar-refractivity contribution in [1.29, 1.82) is 0 Å². The molecule has 0 heterocycles. The van der Waals surface area contributed by atoms with Crippen LogP contribution in [0.2, 0.25) is 0 Å². The number of para-hydroxylation sites is 1. The maximum atomic E-state index is 5.83. The highest BCUT2D eigenvalue weighted by atomic mass is 16.5. The molecule has 1 aromatic rings. The lowest BCUT2D eigenvalue weighted by Gasteiger charge is -2.13. The zero-order chi connectivity index (χ0) is 12.0. The molecule has 0 atom stereocenters. The van der Waals surface area contributed by atoms with Crippen molar-refractivity contribution >= 4 is 0 Å². The van der Waals surface area contributed by atoms with Gasteiger partial charge in [-0.25, -0.2) is 0 Å². The number of benzene rings is 1. The predicted molar refractivity (Wildman–Crippen MR) is 68.6 cm³/mol. The third-order valence-corrected chi connectivity index (χ3v) is 2.69. The molecular formula is C14H23NO. The third kappa shape index (κ3) is 3.86. The quantitative estimate of drug-likeness (QED) is 0.748. The van der Waals surface area contributed by atoms with Crippen molar-refractivity contribution in [3.63, 3.8) is 0 Å². The highest BCUT2D eigenvalue weighted by Gasteiger charge is 2.05. The normalized spacial score (nSPS) is 10.8. The Balaban J connectivity index is 2.52. The molecule has 0 aliphatic carbocycles. The Morgan fingerprint density at radius 3 is 2.69 bits per heavy atom. The van der Waals surface area contributed by atoms with Crippen LogP contribution >= 0.6 is 0 Å². The summed E-state index contributed by atoms with van der Waals surface area (Å²) in [6.45, 7) is 7.87. The van der Waals surface area contributed by atoms with Gasteiger partial charge < -0.3 is 10.5 Å². The van der Waals surface area contributed by atoms with E-state index in [4.69, 9.17) is 10.5 Å². The monoisotopic (exact) mass is 221 g/mol. The SMILES string of the molecule is Cc1cccc(CN)c1OCCCC(C)C. The van der Waals surface area contributed by atoms with E-state index >= 15 is 0 Å². The molecule has 0 aliphatic rings. The summed E-state index contributed by atoms with van der Waals surface area (Å²) < 4.78 is 5.83. The largest absolute Gasteiger partial charge is 0.493 e. The zero-order valence-corrected chi connectivity index (χ0v) is 10.6. The van der Waals surface area contributed by atoms with Crippen molar-refractivity contribution in [2.45, 2.75) is 40.2 Å². The van der Waals surface area contributed by atoms with Crippen molar-refractivity contribution in [2.75, 3.05) is 6.61 Å². The van der Waals surface area contributed by atoms with E-state index in [2.05, 4.69) is 26.8 Å². The maximum Gasteiger partial charge on any atom is 0.126 e. The molecule has 0 saturated heterocycles. The molecule has 90 valence electrons. The van der Waals surface area contributed by atoms with Crippen LogP contribution in [0.5, 0.6) is 5.75 Å². The van der Waals surface area contributed by atoms with Crippen LogP contribution in [0.3, 0.4) is 0 Å². The Morgan fingerprint density at radius 1 is 1.31 bits per heavy atom. The molecular weight excluding hydrogens is 198 g/mol. The molecule has 0 saturated carbocycles. The summed E-state index contributed by atoms with van der Waals surface area (Å²) in [7, 11) is 0. The molecule has 1 aromatic carbocycles. The van der Waals surface area contributed by atoms with E-state index in [1.165, 1.54) is 12.0 Å². The molecule has 1 rings (SSSR count). The van der Waals surface area contributed by atoms with Gasteiger partial charge in [-0.2, -0.15) is 0 Å². The summed E-state index contributed by atoms with van der Waals surface area (Å²) in [5.74, 6) is 1.73. The van der Waals surface area contributed by atoms with Gasteiger partial charge in [0.05, 0.1) is 6.61 Å². The van der Waals surface area contributed by atoms with Crippen LogP contribution in [0.15, 0.2) is 18.2 Å². The number of hydrogen-bond donors (Lipinski definition) is 1. The first-order valence-corrected chi connectivity index (χ1v) is 6.06. The number of aryl methyl sites for hydroxylation is 1. The molecule has 0 fully saturated rings. The topological polar surface area (TPSA) is 35.2 Å². The van der Waals surface area contributed by atoms with Gasteiger partial charge in [-0.3, -0.25) is 0 Å². The number of nitrogens with two attached hydrogens (primary N) is 1. The lowest BCUT2D eigenvalue weighted by Crippen LogP contribution is -2.06. The highest BCUT2D eigenvalue weighted by Crippen LogP contribution is 2.23. The van der Waals surface area contributed by atoms with Gasteiger partial charge in [0.15, 0.2) is 0 Å². The molecule has 2 heteroatoms. The standard InChI is InChI=1S/C14H23NO/c1-11(2)6-5-9-16-14-12(3)7-4-8-13(14)10-15/h4,7-8,11H,5-6,9-10,15H2,1-3H3. The van der Waals surface area contributed by atoms with Gasteiger partial charge in [0, 0.05) is 12.1 Å². The summed E-state index contributed by atoms with van der Waals surface area (Å²) in [4.78, 5) is 0. The molecule has 0 bridgehead atoms. The van der Waals surface area contributed by atoms with E-state index in [1.54, 1.807) is 0 Å². The Hall–Kier alpha value is -1.02. The fourth-order valence-corrected chi connectivity index (χ4v) is 1.75. The van der Waals surface area contributed by atoms with Gasteiger partial charge in [0.2, 0.25) is 0 Å². The lowest BCUT2D eigenvalue weighted by atomic mass is 10.1. The molecule has 16 heavy (non-hydrogen) atoms. The minimum atomic E-state index is 0.543. The van der Waals surface area contributed by atoms with Gasteiger partial charge in [0.25, 0.3) is 0 Å². The van der Waals surface area contributed by atoms with Crippen LogP contribution in [-0.2, 0) is 6.54 Å². The molecule has 2 nitrogen and oxygen atoms in total. The van der Waals surface area contributed by atoms with Gasteiger partial charge in [0.1, 0.15) is 5.75 Å². The van der Waals surface area contributed by atoms with E-state index < -0.39 is 0 Å². The first-order chi connectivity index (χ1) is 7.65. The van der Waals surface area contributed by atoms with Crippen LogP contribution in [-0.4, -0.2) is 6.61 Å². The van der Waals surface area contributed by atoms with E-state index in [1.807, 2.05) is 12.1 Å². The predicted octanol–water partition coefficient (Wildman–Crippen LogP) is 3.27. The average molecular weight is 221 g/mol. The molecule has 0 spiro atoms. The van der Waals surface area contributed by atoms with Crippen LogP contribution in [0.25, 0.3) is 0 Å². The Labute approximate surface area is 98.8 Å². The summed E-state index contributed by atoms with van der Waals surface area (Å²) in [5, 5.41) is 0. The van der Waals surface area contributed by atoms with Crippen LogP contribution < -0.4 is 10.5 Å². The fraction of sp³-hybridized carbons (Fsp3) is 0.571. The van der Waals surface area contributed by atoms with E-state index in [0.29, 0.717) is 6.54 Å². The second-order valence-electron chi connectivity index (χ2n) is 4.65. The molecule has 0 radical (unpaired) electrons. The molecule has 0 amide bonds. The smallest absolute Gasteiger partial charge is 0.126 e. The Morgan fingerprint density at radius 2 is 2.06 bits per heavy atom. The van der Waals surface area contributed by atoms with Crippen molar-refractivity contribution in [3.8, 4) is 5.75 Å². The second kappa shape index (κ2) is 6.54. The first-order valence-electron chi connectivity index (χ1n) is 6.06. The Kier molecular flexibility index (Phi) is 5.33. The number of rotatable bonds is 6. The zero-order valence-electron chi connectivity index (χ0n) is 10.6. The lowest BCUT2D eigenvalue weighted by molar-refractivity contribution is 0.293. The minimum absolute atomic E-state index is 0.543. The summed E-state index contributed by atoms with van der Waals surface area (Å²) in [6, 6.07) is 6.13. The van der Waals surface area contributed by atoms with Crippen LogP contribution in [0.1, 0.15) is 37.8 Å². The summed E-state index contributed by atoms with van der Waals surface area (Å²) in [6.07, 6.45) is 2.32. The maximum absolute atomic E-state index is 5.83. The van der Waals surface area contributed by atoms with Gasteiger partial charge in [-0.15, -0.1) is 0 Å². The summed E-state index contributed by atoms with van der Waals surface area (Å²) in [5.41, 5.74) is 7.97. The van der Waals surface area contributed by atoms with Crippen LogP contribution in [0.4, 0.5) is 0 Å². The first kappa shape index (κ1) is 13.0. The third-order valence-electron chi connectivity index (χ3n) is 2.69. The highest BCUT2D eigenvalue weighted by molar-refractivity contribution is 5.40. The second-order valence-corrected chi connectivity index (χ2v) is 4.65. The summed E-state index contributed by atoms with van der Waals surface area (Å²) >= 11 is 0. The fourth-order valence-electron chi connectivity index (χ4n) is 1.75. The molecule has 0 aliphatic heterocycles. The Bertz CT molecular complexity index is 321.